The summed E-state index contributed by atoms with van der Waals surface area (Å²) in [5.41, 5.74) is 5.31. The van der Waals surface area contributed by atoms with Crippen LogP contribution in [0.25, 0.3) is 0 Å². The van der Waals surface area contributed by atoms with E-state index >= 15 is 0 Å². The molecule has 0 aliphatic carbocycles. The zero-order valence-corrected chi connectivity index (χ0v) is 28.3. The van der Waals surface area contributed by atoms with Crippen molar-refractivity contribution in [3.63, 3.8) is 0 Å². The predicted octanol–water partition coefficient (Wildman–Crippen LogP) is 8.71. The van der Waals surface area contributed by atoms with Crippen LogP contribution in [-0.2, 0) is 32.7 Å². The second-order valence-corrected chi connectivity index (χ2v) is 12.9. The molecule has 0 aromatic rings. The van der Waals surface area contributed by atoms with Gasteiger partial charge in [0.1, 0.15) is 6.61 Å². The van der Waals surface area contributed by atoms with E-state index in [0.29, 0.717) is 6.42 Å². The van der Waals surface area contributed by atoms with Crippen molar-refractivity contribution in [1.82, 2.24) is 0 Å². The number of rotatable bonds is 32. The Morgan fingerprint density at radius 3 is 1.72 bits per heavy atom. The third kappa shape index (κ3) is 30.6. The first-order valence-electron chi connectivity index (χ1n) is 17.1. The molecular weight excluding hydrogens is 569 g/mol. The highest BCUT2D eigenvalue weighted by molar-refractivity contribution is 7.47. The summed E-state index contributed by atoms with van der Waals surface area (Å²) in [6.07, 6.45) is 27.0. The quantitative estimate of drug-likeness (QED) is 0.0323. The second-order valence-electron chi connectivity index (χ2n) is 11.4. The monoisotopic (exact) mass is 633 g/mol. The molecule has 2 atom stereocenters. The van der Waals surface area contributed by atoms with Gasteiger partial charge in [-0.05, 0) is 32.6 Å². The lowest BCUT2D eigenvalue weighted by Crippen LogP contribution is -2.29. The molecule has 9 nitrogen and oxygen atoms in total. The largest absolute Gasteiger partial charge is 0.472 e. The van der Waals surface area contributed by atoms with Gasteiger partial charge in [-0.25, -0.2) is 4.57 Å². The van der Waals surface area contributed by atoms with Gasteiger partial charge in [-0.15, -0.1) is 0 Å². The van der Waals surface area contributed by atoms with Gasteiger partial charge in [0.05, 0.1) is 13.2 Å². The van der Waals surface area contributed by atoms with Gasteiger partial charge in [0.15, 0.2) is 6.10 Å². The van der Waals surface area contributed by atoms with Crippen molar-refractivity contribution in [2.24, 2.45) is 5.73 Å². The van der Waals surface area contributed by atoms with Crippen LogP contribution >= 0.6 is 7.82 Å². The molecule has 0 fully saturated rings. The molecule has 43 heavy (non-hydrogen) atoms. The molecule has 3 N–H and O–H groups in total. The topological polar surface area (TPSA) is 134 Å². The SMILES string of the molecule is CC=CCCCCCCCC(=O)OC(COC(=O)CCCCCCCCCCCCCCCC)COP(=O)(O)OCCN. The number of hydrogen-bond donors (Lipinski definition) is 2. The predicted molar refractivity (Wildman–Crippen MR) is 174 cm³/mol. The number of phosphoric ester groups is 1. The van der Waals surface area contributed by atoms with Gasteiger partial charge >= 0.3 is 19.8 Å². The van der Waals surface area contributed by atoms with Gasteiger partial charge in [-0.2, -0.15) is 0 Å². The third-order valence-electron chi connectivity index (χ3n) is 7.25. The maximum absolute atomic E-state index is 12.4. The lowest BCUT2D eigenvalue weighted by Gasteiger charge is -2.19. The fourth-order valence-electron chi connectivity index (χ4n) is 4.69. The zero-order chi connectivity index (χ0) is 31.9. The second kappa shape index (κ2) is 30.8. The number of unbranched alkanes of at least 4 members (excludes halogenated alkanes) is 18. The van der Waals surface area contributed by atoms with E-state index < -0.39 is 26.5 Å². The van der Waals surface area contributed by atoms with Crippen molar-refractivity contribution in [3.8, 4) is 0 Å². The zero-order valence-electron chi connectivity index (χ0n) is 27.4. The van der Waals surface area contributed by atoms with Crippen LogP contribution in [-0.4, -0.2) is 49.3 Å². The van der Waals surface area contributed by atoms with E-state index in [9.17, 15) is 19.0 Å². The van der Waals surface area contributed by atoms with Crippen molar-refractivity contribution in [2.45, 2.75) is 161 Å². The number of carbonyl (C=O) groups excluding carboxylic acids is 2. The number of ether oxygens (including phenoxy) is 2. The van der Waals surface area contributed by atoms with Crippen molar-refractivity contribution in [3.05, 3.63) is 12.2 Å². The molecule has 0 aliphatic heterocycles. The number of carbonyl (C=O) groups is 2. The third-order valence-corrected chi connectivity index (χ3v) is 8.23. The summed E-state index contributed by atoms with van der Waals surface area (Å²) in [4.78, 5) is 34.4. The Balaban J connectivity index is 4.20. The van der Waals surface area contributed by atoms with Crippen LogP contribution in [0.4, 0.5) is 0 Å². The maximum atomic E-state index is 12.4. The molecule has 10 heteroatoms. The molecule has 0 rings (SSSR count). The van der Waals surface area contributed by atoms with Crippen LogP contribution in [0, 0.1) is 0 Å². The Morgan fingerprint density at radius 2 is 1.21 bits per heavy atom. The molecule has 2 unspecified atom stereocenters. The van der Waals surface area contributed by atoms with E-state index in [4.69, 9.17) is 24.3 Å². The summed E-state index contributed by atoms with van der Waals surface area (Å²) in [5.74, 6) is -0.842. The molecule has 0 bridgehead atoms. The summed E-state index contributed by atoms with van der Waals surface area (Å²) >= 11 is 0. The van der Waals surface area contributed by atoms with E-state index in [2.05, 4.69) is 13.0 Å². The van der Waals surface area contributed by atoms with Gasteiger partial charge in [0, 0.05) is 19.4 Å². The van der Waals surface area contributed by atoms with Gasteiger partial charge in [0.2, 0.25) is 0 Å². The Hall–Kier alpha value is -1.25. The Morgan fingerprint density at radius 1 is 0.721 bits per heavy atom. The first kappa shape index (κ1) is 41.8. The number of hydrogen-bond acceptors (Lipinski definition) is 8. The molecule has 0 heterocycles. The van der Waals surface area contributed by atoms with E-state index in [-0.39, 0.29) is 38.6 Å². The van der Waals surface area contributed by atoms with Gasteiger partial charge in [-0.1, -0.05) is 122 Å². The number of phosphoric acid groups is 1. The number of esters is 2. The fourth-order valence-corrected chi connectivity index (χ4v) is 5.46. The van der Waals surface area contributed by atoms with E-state index in [1.165, 1.54) is 70.6 Å². The van der Waals surface area contributed by atoms with E-state index in [0.717, 1.165) is 51.4 Å². The molecular formula is C33H64NO8P. The molecule has 0 aromatic carbocycles. The smallest absolute Gasteiger partial charge is 0.462 e. The molecule has 0 spiro atoms. The Bertz CT molecular complexity index is 734. The fraction of sp³-hybridized carbons (Fsp3) is 0.879. The van der Waals surface area contributed by atoms with Crippen LogP contribution in [0.3, 0.4) is 0 Å². The van der Waals surface area contributed by atoms with Gasteiger partial charge in [0.25, 0.3) is 0 Å². The number of allylic oxidation sites excluding steroid dienone is 2. The minimum atomic E-state index is -4.36. The molecule has 254 valence electrons. The molecule has 0 aromatic heterocycles. The average Bonchev–Trinajstić information content (AvgIpc) is 2.99. The summed E-state index contributed by atoms with van der Waals surface area (Å²) in [7, 11) is -4.36. The minimum absolute atomic E-state index is 0.0541. The first-order valence-corrected chi connectivity index (χ1v) is 18.6. The molecule has 0 amide bonds. The van der Waals surface area contributed by atoms with Crippen molar-refractivity contribution in [1.29, 1.82) is 0 Å². The van der Waals surface area contributed by atoms with Crippen LogP contribution in [0.2, 0.25) is 0 Å². The van der Waals surface area contributed by atoms with Crippen molar-refractivity contribution in [2.75, 3.05) is 26.4 Å². The average molecular weight is 634 g/mol. The van der Waals surface area contributed by atoms with Crippen LogP contribution in [0.5, 0.6) is 0 Å². The lowest BCUT2D eigenvalue weighted by atomic mass is 10.0. The molecule has 0 saturated heterocycles. The van der Waals surface area contributed by atoms with Crippen LogP contribution in [0.15, 0.2) is 12.2 Å². The lowest BCUT2D eigenvalue weighted by molar-refractivity contribution is -0.161. The normalized spacial score (nSPS) is 13.7. The Kier molecular flexibility index (Phi) is 29.9. The van der Waals surface area contributed by atoms with Crippen molar-refractivity contribution >= 4 is 19.8 Å². The van der Waals surface area contributed by atoms with Crippen LogP contribution < -0.4 is 5.73 Å². The molecule has 0 aliphatic rings. The first-order chi connectivity index (χ1) is 20.8. The highest BCUT2D eigenvalue weighted by Gasteiger charge is 2.25. The van der Waals surface area contributed by atoms with E-state index in [1.54, 1.807) is 0 Å². The summed E-state index contributed by atoms with van der Waals surface area (Å²) in [5, 5.41) is 0. The van der Waals surface area contributed by atoms with Crippen LogP contribution in [0.1, 0.15) is 155 Å². The standard InChI is InChI=1S/C33H64NO8P/c1-3-5-7-9-11-13-14-15-16-17-18-20-21-23-25-32(35)39-29-31(30-41-43(37,38)40-28-27-34)42-33(36)26-24-22-19-12-10-8-6-4-2/h4,6,31H,3,5,7-30,34H2,1-2H3,(H,37,38). The highest BCUT2D eigenvalue weighted by Crippen LogP contribution is 2.43. The van der Waals surface area contributed by atoms with Gasteiger partial charge in [-0.3, -0.25) is 18.6 Å². The number of nitrogens with two attached hydrogens (primary N) is 1. The summed E-state index contributed by atoms with van der Waals surface area (Å²) in [6.45, 7) is 3.49. The highest BCUT2D eigenvalue weighted by atomic mass is 31.2. The van der Waals surface area contributed by atoms with Gasteiger partial charge < -0.3 is 20.1 Å². The maximum Gasteiger partial charge on any atom is 0.472 e. The van der Waals surface area contributed by atoms with Crippen molar-refractivity contribution < 1.29 is 37.6 Å². The minimum Gasteiger partial charge on any atom is -0.462 e. The summed E-state index contributed by atoms with van der Waals surface area (Å²) < 4.78 is 32.4. The molecule has 0 radical (unpaired) electrons. The van der Waals surface area contributed by atoms with E-state index in [1.807, 2.05) is 13.0 Å². The Labute approximate surface area is 262 Å². The summed E-state index contributed by atoms with van der Waals surface area (Å²) in [6, 6.07) is 0. The molecule has 0 saturated carbocycles.